The summed E-state index contributed by atoms with van der Waals surface area (Å²) in [5, 5.41) is 4.43. The van der Waals surface area contributed by atoms with Crippen LogP contribution in [0.2, 0.25) is 0 Å². The van der Waals surface area contributed by atoms with E-state index in [1.807, 2.05) is 5.32 Å². The SMILES string of the molecule is Cc1c(NC(=O)C2C(c3ccc(F)c(C(F)(F)F)c3)C2(Cl)Cl)ccc(F)c1NC(=O)COCC(F)(F)F. The molecular weight excluding hydrogens is 563 g/mol. The van der Waals surface area contributed by atoms with Crippen LogP contribution in [-0.4, -0.2) is 35.5 Å². The van der Waals surface area contributed by atoms with Gasteiger partial charge in [0.15, 0.2) is 0 Å². The molecule has 2 atom stereocenters. The number of alkyl halides is 8. The summed E-state index contributed by atoms with van der Waals surface area (Å²) >= 11 is 12.3. The Balaban J connectivity index is 1.75. The van der Waals surface area contributed by atoms with Gasteiger partial charge in [-0.2, -0.15) is 26.3 Å². The van der Waals surface area contributed by atoms with E-state index in [9.17, 15) is 44.7 Å². The zero-order valence-electron chi connectivity index (χ0n) is 18.5. The molecule has 0 radical (unpaired) electrons. The van der Waals surface area contributed by atoms with E-state index in [1.54, 1.807) is 0 Å². The molecule has 0 heterocycles. The third-order valence-electron chi connectivity index (χ3n) is 5.43. The van der Waals surface area contributed by atoms with E-state index >= 15 is 0 Å². The highest BCUT2D eigenvalue weighted by Gasteiger charge is 2.67. The quantitative estimate of drug-likeness (QED) is 0.298. The van der Waals surface area contributed by atoms with E-state index < -0.39 is 76.4 Å². The summed E-state index contributed by atoms with van der Waals surface area (Å²) in [6, 6.07) is 4.06. The number of halogens is 10. The van der Waals surface area contributed by atoms with Gasteiger partial charge >= 0.3 is 12.4 Å². The Morgan fingerprint density at radius 1 is 1.00 bits per heavy atom. The van der Waals surface area contributed by atoms with Gasteiger partial charge in [0.2, 0.25) is 11.8 Å². The van der Waals surface area contributed by atoms with E-state index in [-0.39, 0.29) is 16.8 Å². The van der Waals surface area contributed by atoms with Crippen molar-refractivity contribution < 1.29 is 49.4 Å². The van der Waals surface area contributed by atoms with Crippen LogP contribution in [0.15, 0.2) is 30.3 Å². The number of nitrogens with one attached hydrogen (secondary N) is 2. The molecule has 0 bridgehead atoms. The molecule has 0 aliphatic heterocycles. The Morgan fingerprint density at radius 2 is 1.62 bits per heavy atom. The average Bonchev–Trinajstić information content (AvgIpc) is 3.33. The van der Waals surface area contributed by atoms with Crippen LogP contribution in [0, 0.1) is 24.5 Å². The van der Waals surface area contributed by atoms with E-state index in [0.29, 0.717) is 12.1 Å². The number of ether oxygens (including phenoxy) is 1. The zero-order chi connectivity index (χ0) is 27.9. The number of benzene rings is 2. The van der Waals surface area contributed by atoms with Crippen LogP contribution in [0.1, 0.15) is 22.6 Å². The molecule has 5 nitrogen and oxygen atoms in total. The van der Waals surface area contributed by atoms with Gasteiger partial charge in [0.1, 0.15) is 29.2 Å². The van der Waals surface area contributed by atoms with E-state index in [0.717, 1.165) is 18.2 Å². The van der Waals surface area contributed by atoms with E-state index in [4.69, 9.17) is 23.2 Å². The van der Waals surface area contributed by atoms with Crippen LogP contribution in [-0.2, 0) is 20.5 Å². The molecule has 15 heteroatoms. The molecular formula is C22H16Cl2F8N2O3. The second-order valence-electron chi connectivity index (χ2n) is 8.11. The summed E-state index contributed by atoms with van der Waals surface area (Å²) in [4.78, 5) is 24.7. The van der Waals surface area contributed by atoms with Crippen molar-refractivity contribution in [3.8, 4) is 0 Å². The Morgan fingerprint density at radius 3 is 2.22 bits per heavy atom. The number of hydrogen-bond acceptors (Lipinski definition) is 3. The Hall–Kier alpha value is -2.64. The molecule has 3 rings (SSSR count). The van der Waals surface area contributed by atoms with Crippen molar-refractivity contribution in [2.45, 2.75) is 29.5 Å². The number of carbonyl (C=O) groups excluding carboxylic acids is 2. The van der Waals surface area contributed by atoms with Crippen molar-refractivity contribution in [1.82, 2.24) is 0 Å². The Kier molecular flexibility index (Phi) is 8.02. The highest BCUT2D eigenvalue weighted by molar-refractivity contribution is 6.53. The summed E-state index contributed by atoms with van der Waals surface area (Å²) in [7, 11) is 0. The minimum absolute atomic E-state index is 0.0365. The van der Waals surface area contributed by atoms with Gasteiger partial charge < -0.3 is 15.4 Å². The molecule has 0 saturated heterocycles. The summed E-state index contributed by atoms with van der Waals surface area (Å²) < 4.78 is 106. The van der Waals surface area contributed by atoms with Crippen LogP contribution >= 0.6 is 23.2 Å². The largest absolute Gasteiger partial charge is 0.419 e. The van der Waals surface area contributed by atoms with E-state index in [2.05, 4.69) is 10.1 Å². The second kappa shape index (κ2) is 10.3. The maximum absolute atomic E-state index is 14.3. The van der Waals surface area contributed by atoms with Gasteiger partial charge in [-0.15, -0.1) is 23.2 Å². The third kappa shape index (κ3) is 6.63. The van der Waals surface area contributed by atoms with Crippen LogP contribution < -0.4 is 10.6 Å². The van der Waals surface area contributed by atoms with Gasteiger partial charge in [0, 0.05) is 11.6 Å². The van der Waals surface area contributed by atoms with E-state index in [1.165, 1.54) is 6.92 Å². The molecule has 2 N–H and O–H groups in total. The zero-order valence-corrected chi connectivity index (χ0v) is 20.0. The lowest BCUT2D eigenvalue weighted by Gasteiger charge is -2.15. The van der Waals surface area contributed by atoms with Gasteiger partial charge in [-0.25, -0.2) is 8.78 Å². The predicted octanol–water partition coefficient (Wildman–Crippen LogP) is 6.34. The van der Waals surface area contributed by atoms with Crippen molar-refractivity contribution in [3.63, 3.8) is 0 Å². The molecule has 1 aliphatic rings. The van der Waals surface area contributed by atoms with Crippen LogP contribution in [0.3, 0.4) is 0 Å². The first kappa shape index (κ1) is 28.9. The first-order valence-corrected chi connectivity index (χ1v) is 11.0. The Labute approximate surface area is 214 Å². The van der Waals surface area contributed by atoms with Crippen LogP contribution in [0.5, 0.6) is 0 Å². The minimum Gasteiger partial charge on any atom is -0.362 e. The minimum atomic E-state index is -5.00. The standard InChI is InChI=1S/C22H16Cl2F8N2O3/c1-9-14(5-4-13(26)18(9)34-15(35)7-37-8-20(27,28)29)33-19(36)17-16(21(17,23)24)10-2-3-12(25)11(6-10)22(30,31)32/h2-6,16-17H,7-8H2,1H3,(H,33,36)(H,34,35). The van der Waals surface area contributed by atoms with Crippen molar-refractivity contribution in [2.75, 3.05) is 23.8 Å². The molecule has 0 aromatic heterocycles. The average molecular weight is 579 g/mol. The fraction of sp³-hybridized carbons (Fsp3) is 0.364. The highest BCUT2D eigenvalue weighted by Crippen LogP contribution is 2.65. The molecule has 1 aliphatic carbocycles. The molecule has 1 fully saturated rings. The fourth-order valence-electron chi connectivity index (χ4n) is 3.63. The van der Waals surface area contributed by atoms with Crippen molar-refractivity contribution in [3.05, 3.63) is 58.7 Å². The fourth-order valence-corrected chi connectivity index (χ4v) is 4.46. The maximum Gasteiger partial charge on any atom is 0.419 e. The maximum atomic E-state index is 14.3. The normalized spacial score (nSPS) is 18.9. The van der Waals surface area contributed by atoms with Crippen molar-refractivity contribution >= 4 is 46.4 Å². The van der Waals surface area contributed by atoms with Gasteiger partial charge in [0.05, 0.1) is 17.2 Å². The molecule has 2 unspecified atom stereocenters. The number of amides is 2. The first-order valence-electron chi connectivity index (χ1n) is 10.2. The molecule has 2 aromatic rings. The topological polar surface area (TPSA) is 67.4 Å². The van der Waals surface area contributed by atoms with Crippen LogP contribution in [0.4, 0.5) is 46.5 Å². The highest BCUT2D eigenvalue weighted by atomic mass is 35.5. The molecule has 2 aromatic carbocycles. The summed E-state index contributed by atoms with van der Waals surface area (Å²) in [6.07, 6.45) is -9.67. The number of anilines is 2. The second-order valence-corrected chi connectivity index (χ2v) is 9.55. The monoisotopic (exact) mass is 578 g/mol. The molecule has 37 heavy (non-hydrogen) atoms. The third-order valence-corrected chi connectivity index (χ3v) is 6.37. The molecule has 1 saturated carbocycles. The summed E-state index contributed by atoms with van der Waals surface area (Å²) in [5.74, 6) is -6.88. The summed E-state index contributed by atoms with van der Waals surface area (Å²) in [5.41, 5.74) is -2.24. The first-order chi connectivity index (χ1) is 16.9. The lowest BCUT2D eigenvalue weighted by molar-refractivity contribution is -0.174. The van der Waals surface area contributed by atoms with Crippen LogP contribution in [0.25, 0.3) is 0 Å². The van der Waals surface area contributed by atoms with Crippen molar-refractivity contribution in [1.29, 1.82) is 0 Å². The lowest BCUT2D eigenvalue weighted by Crippen LogP contribution is -2.25. The number of rotatable bonds is 7. The van der Waals surface area contributed by atoms with Gasteiger partial charge in [-0.05, 0) is 42.3 Å². The number of carbonyl (C=O) groups is 2. The van der Waals surface area contributed by atoms with Crippen molar-refractivity contribution in [2.24, 2.45) is 5.92 Å². The van der Waals surface area contributed by atoms with Gasteiger partial charge in [-0.1, -0.05) is 6.07 Å². The predicted molar refractivity (Wildman–Crippen MR) is 117 cm³/mol. The lowest BCUT2D eigenvalue weighted by atomic mass is 10.0. The Bertz CT molecular complexity index is 1220. The number of hydrogen-bond donors (Lipinski definition) is 2. The summed E-state index contributed by atoms with van der Waals surface area (Å²) in [6.45, 7) is -1.45. The molecule has 202 valence electrons. The molecule has 0 spiro atoms. The molecule has 2 amide bonds. The van der Waals surface area contributed by atoms with Gasteiger partial charge in [0.25, 0.3) is 0 Å². The van der Waals surface area contributed by atoms with Gasteiger partial charge in [-0.3, -0.25) is 9.59 Å². The smallest absolute Gasteiger partial charge is 0.362 e.